The number of benzene rings is 1. The third-order valence-corrected chi connectivity index (χ3v) is 1.94. The molecule has 1 heterocycles. The molecule has 0 saturated heterocycles. The van der Waals surface area contributed by atoms with E-state index >= 15 is 0 Å². The third-order valence-electron chi connectivity index (χ3n) is 1.94. The average molecular weight is 452 g/mol. The van der Waals surface area contributed by atoms with Gasteiger partial charge in [0.05, 0.1) is 0 Å². The normalized spacial score (nSPS) is 8.33. The monoisotopic (exact) mass is 453 g/mol. The fourth-order valence-electron chi connectivity index (χ4n) is 1.27. The minimum atomic E-state index is 0. The van der Waals surface area contributed by atoms with Crippen LogP contribution in [0.15, 0.2) is 36.5 Å². The molecule has 2 radical (unpaired) electrons. The van der Waals surface area contributed by atoms with Gasteiger partial charge in [-0.3, -0.25) is 4.98 Å². The maximum absolute atomic E-state index is 4.26. The molecule has 0 spiro atoms. The molecular weight excluding hydrogens is 439 g/mol. The molecule has 0 aliphatic rings. The maximum Gasteiger partial charge on any atom is 0.0348 e. The molecule has 0 aliphatic carbocycles. The average Bonchev–Trinajstić information content (AvgIpc) is 2.17. The summed E-state index contributed by atoms with van der Waals surface area (Å²) in [5.74, 6) is 0. The van der Waals surface area contributed by atoms with Crippen molar-refractivity contribution in [3.05, 3.63) is 56.6 Å². The minimum absolute atomic E-state index is 0. The molecule has 15 heavy (non-hydrogen) atoms. The van der Waals surface area contributed by atoms with Crippen LogP contribution in [0.25, 0.3) is 10.8 Å². The molecule has 0 bridgehead atoms. The molecule has 0 amide bonds. The third kappa shape index (κ3) is 4.40. The Balaban J connectivity index is 0. The molecule has 0 saturated carbocycles. The minimum Gasteiger partial charge on any atom is -0.358 e. The van der Waals surface area contributed by atoms with E-state index in [1.165, 1.54) is 10.8 Å². The molecule has 1 aromatic carbocycles. The molecule has 80 valence electrons. The molecule has 2 aromatic rings. The fourth-order valence-corrected chi connectivity index (χ4v) is 1.27. The fraction of sp³-hybridized carbons (Fsp3) is 0.0833. The van der Waals surface area contributed by atoms with Crippen molar-refractivity contribution >= 4 is 10.8 Å². The standard InChI is InChI=1S/C11H10N.CH3.Ir.Y/c1-2-11-7-9-5-3-4-6-10(9)8-12-11;;;/h3-8H,1-2H2;1H3;;/q2*-1;;. The van der Waals surface area contributed by atoms with E-state index < -0.39 is 0 Å². The molecule has 1 aromatic heterocycles. The Labute approximate surface area is 130 Å². The first-order chi connectivity index (χ1) is 5.90. The Morgan fingerprint density at radius 1 is 1.13 bits per heavy atom. The summed E-state index contributed by atoms with van der Waals surface area (Å²) in [6.07, 6.45) is 2.65. The van der Waals surface area contributed by atoms with Crippen LogP contribution in [0.3, 0.4) is 0 Å². The van der Waals surface area contributed by atoms with Gasteiger partial charge in [0.15, 0.2) is 0 Å². The van der Waals surface area contributed by atoms with Crippen molar-refractivity contribution in [3.63, 3.8) is 0 Å². The zero-order valence-electron chi connectivity index (χ0n) is 8.74. The van der Waals surface area contributed by atoms with Gasteiger partial charge in [0.25, 0.3) is 0 Å². The summed E-state index contributed by atoms with van der Waals surface area (Å²) >= 11 is 0. The van der Waals surface area contributed by atoms with E-state index in [9.17, 15) is 0 Å². The van der Waals surface area contributed by atoms with Gasteiger partial charge in [-0.2, -0.15) is 0 Å². The Hall–Kier alpha value is 0.383. The zero-order chi connectivity index (χ0) is 8.39. The summed E-state index contributed by atoms with van der Waals surface area (Å²) < 4.78 is 0. The SMILES string of the molecule is [CH2-]Cc1cc2ccccc2cn1.[CH3-].[Ir].[Y]. The van der Waals surface area contributed by atoms with Gasteiger partial charge < -0.3 is 14.4 Å². The summed E-state index contributed by atoms with van der Waals surface area (Å²) in [5.41, 5.74) is 1.05. The van der Waals surface area contributed by atoms with Gasteiger partial charge in [0.2, 0.25) is 0 Å². The molecular formula is C12H13IrNY-2. The van der Waals surface area contributed by atoms with E-state index in [1.807, 2.05) is 18.3 Å². The Morgan fingerprint density at radius 3 is 2.33 bits per heavy atom. The second-order valence-electron chi connectivity index (χ2n) is 2.77. The summed E-state index contributed by atoms with van der Waals surface area (Å²) in [4.78, 5) is 4.26. The summed E-state index contributed by atoms with van der Waals surface area (Å²) in [7, 11) is 0. The Morgan fingerprint density at radius 2 is 1.73 bits per heavy atom. The zero-order valence-corrected chi connectivity index (χ0v) is 14.0. The van der Waals surface area contributed by atoms with Crippen LogP contribution in [-0.2, 0) is 59.2 Å². The topological polar surface area (TPSA) is 12.9 Å². The van der Waals surface area contributed by atoms with Crippen LogP contribution in [0, 0.1) is 14.4 Å². The van der Waals surface area contributed by atoms with Crippen LogP contribution >= 0.6 is 0 Å². The predicted octanol–water partition coefficient (Wildman–Crippen LogP) is 3.06. The van der Waals surface area contributed by atoms with Gasteiger partial charge in [-0.25, -0.2) is 0 Å². The van der Waals surface area contributed by atoms with Crippen molar-refractivity contribution in [1.82, 2.24) is 4.98 Å². The first-order valence-electron chi connectivity index (χ1n) is 4.03. The van der Waals surface area contributed by atoms with Crippen molar-refractivity contribution in [1.29, 1.82) is 0 Å². The van der Waals surface area contributed by atoms with Crippen molar-refractivity contribution in [2.24, 2.45) is 0 Å². The number of aromatic nitrogens is 1. The van der Waals surface area contributed by atoms with E-state index in [0.29, 0.717) is 0 Å². The first kappa shape index (κ1) is 17.8. The molecule has 1 nitrogen and oxygen atoms in total. The van der Waals surface area contributed by atoms with Gasteiger partial charge in [-0.05, 0) is 11.5 Å². The van der Waals surface area contributed by atoms with Crippen molar-refractivity contribution in [2.45, 2.75) is 6.42 Å². The van der Waals surface area contributed by atoms with Gasteiger partial charge in [-0.1, -0.05) is 24.3 Å². The number of fused-ring (bicyclic) bond motifs is 1. The van der Waals surface area contributed by atoms with Crippen LogP contribution in [0.2, 0.25) is 0 Å². The predicted molar refractivity (Wildman–Crippen MR) is 57.2 cm³/mol. The second kappa shape index (κ2) is 8.53. The van der Waals surface area contributed by atoms with Crippen molar-refractivity contribution in [3.8, 4) is 0 Å². The van der Waals surface area contributed by atoms with Crippen LogP contribution in [0.5, 0.6) is 0 Å². The van der Waals surface area contributed by atoms with Crippen LogP contribution in [0.4, 0.5) is 0 Å². The summed E-state index contributed by atoms with van der Waals surface area (Å²) in [5, 5.41) is 2.43. The van der Waals surface area contributed by atoms with E-state index in [-0.39, 0.29) is 60.2 Å². The van der Waals surface area contributed by atoms with E-state index in [4.69, 9.17) is 0 Å². The van der Waals surface area contributed by atoms with Gasteiger partial charge in [0, 0.05) is 70.1 Å². The molecule has 0 atom stereocenters. The van der Waals surface area contributed by atoms with Crippen molar-refractivity contribution in [2.75, 3.05) is 0 Å². The number of hydrogen-bond donors (Lipinski definition) is 0. The number of hydrogen-bond acceptors (Lipinski definition) is 1. The van der Waals surface area contributed by atoms with E-state index in [1.54, 1.807) is 0 Å². The van der Waals surface area contributed by atoms with E-state index in [0.717, 1.165) is 12.1 Å². The molecule has 2 rings (SSSR count). The first-order valence-corrected chi connectivity index (χ1v) is 4.03. The van der Waals surface area contributed by atoms with Crippen LogP contribution in [0.1, 0.15) is 5.69 Å². The Kier molecular flexibility index (Phi) is 10.1. The molecule has 0 aliphatic heterocycles. The van der Waals surface area contributed by atoms with Gasteiger partial charge in [-0.15, -0.1) is 6.42 Å². The van der Waals surface area contributed by atoms with Crippen LogP contribution < -0.4 is 0 Å². The molecule has 0 fully saturated rings. The number of nitrogens with zero attached hydrogens (tertiary/aromatic N) is 1. The van der Waals surface area contributed by atoms with Gasteiger partial charge in [0.1, 0.15) is 0 Å². The number of rotatable bonds is 1. The maximum atomic E-state index is 4.26. The molecule has 0 N–H and O–H groups in total. The molecule has 3 heteroatoms. The van der Waals surface area contributed by atoms with Crippen LogP contribution in [-0.4, -0.2) is 4.98 Å². The summed E-state index contributed by atoms with van der Waals surface area (Å²) in [6, 6.07) is 10.3. The smallest absolute Gasteiger partial charge is 0.0348 e. The molecule has 0 unspecified atom stereocenters. The Bertz CT molecular complexity index is 403. The van der Waals surface area contributed by atoms with Gasteiger partial charge >= 0.3 is 0 Å². The van der Waals surface area contributed by atoms with Crippen molar-refractivity contribution < 1.29 is 52.8 Å². The number of pyridine rings is 1. The second-order valence-corrected chi connectivity index (χ2v) is 2.77. The van der Waals surface area contributed by atoms with E-state index in [2.05, 4.69) is 30.1 Å². The largest absolute Gasteiger partial charge is 0.358 e. The quantitative estimate of drug-likeness (QED) is 0.607. The summed E-state index contributed by atoms with van der Waals surface area (Å²) in [6.45, 7) is 3.80.